The van der Waals surface area contributed by atoms with Gasteiger partial charge in [0.15, 0.2) is 11.5 Å². The normalized spacial score (nSPS) is 12.3. The highest BCUT2D eigenvalue weighted by Crippen LogP contribution is 2.32. The highest BCUT2D eigenvalue weighted by atomic mass is 16.7. The molecule has 0 spiro atoms. The van der Waals surface area contributed by atoms with Gasteiger partial charge in [-0.3, -0.25) is 4.79 Å². The Hall–Kier alpha value is -3.22. The van der Waals surface area contributed by atoms with Gasteiger partial charge in [-0.15, -0.1) is 10.2 Å². The van der Waals surface area contributed by atoms with E-state index in [4.69, 9.17) is 9.47 Å². The van der Waals surface area contributed by atoms with Crippen LogP contribution in [0.1, 0.15) is 16.2 Å². The van der Waals surface area contributed by atoms with Gasteiger partial charge in [-0.1, -0.05) is 18.2 Å². The Balaban J connectivity index is 1.39. The number of fused-ring (bicyclic) bond motifs is 2. The van der Waals surface area contributed by atoms with E-state index in [1.165, 1.54) is 0 Å². The molecule has 0 unspecified atom stereocenters. The van der Waals surface area contributed by atoms with Crippen LogP contribution < -0.4 is 14.8 Å². The highest BCUT2D eigenvalue weighted by molar-refractivity contribution is 5.91. The molecule has 1 aliphatic rings. The number of aromatic nitrogens is 3. The summed E-state index contributed by atoms with van der Waals surface area (Å²) in [7, 11) is 0. The highest BCUT2D eigenvalue weighted by Gasteiger charge is 2.14. The third kappa shape index (κ3) is 2.83. The summed E-state index contributed by atoms with van der Waals surface area (Å²) in [5.74, 6) is 1.22. The van der Waals surface area contributed by atoms with Crippen LogP contribution in [0.3, 0.4) is 0 Å². The van der Waals surface area contributed by atoms with Crippen molar-refractivity contribution < 1.29 is 14.3 Å². The molecule has 2 heterocycles. The summed E-state index contributed by atoms with van der Waals surface area (Å²) in [4.78, 5) is 16.4. The van der Waals surface area contributed by atoms with Gasteiger partial charge in [0.05, 0.1) is 5.52 Å². The van der Waals surface area contributed by atoms with Crippen molar-refractivity contribution in [1.82, 2.24) is 20.5 Å². The third-order valence-electron chi connectivity index (χ3n) is 3.70. The maximum atomic E-state index is 12.1. The van der Waals surface area contributed by atoms with E-state index in [2.05, 4.69) is 20.5 Å². The zero-order chi connectivity index (χ0) is 16.4. The molecule has 0 fully saturated rings. The van der Waals surface area contributed by atoms with E-state index in [9.17, 15) is 4.79 Å². The first-order valence-electron chi connectivity index (χ1n) is 7.56. The molecule has 4 rings (SSSR count). The van der Waals surface area contributed by atoms with Crippen LogP contribution in [0.5, 0.6) is 11.5 Å². The summed E-state index contributed by atoms with van der Waals surface area (Å²) < 4.78 is 10.6. The number of nitrogens with zero attached hydrogens (tertiary/aromatic N) is 3. The summed E-state index contributed by atoms with van der Waals surface area (Å²) >= 11 is 0. The van der Waals surface area contributed by atoms with Crippen LogP contribution in [0, 0.1) is 0 Å². The number of carbonyl (C=O) groups excluding carboxylic acids is 1. The van der Waals surface area contributed by atoms with Crippen molar-refractivity contribution in [3.05, 3.63) is 53.9 Å². The number of amides is 1. The van der Waals surface area contributed by atoms with Crippen LogP contribution in [0.2, 0.25) is 0 Å². The standard InChI is InChI=1S/C17H14N4O3/c22-17(16-19-12-3-1-2-4-13(12)20-21-16)18-8-7-11-5-6-14-15(9-11)24-10-23-14/h1-6,9H,7-8,10H2,(H,18,22). The molecule has 0 saturated carbocycles. The molecule has 120 valence electrons. The second-order valence-electron chi connectivity index (χ2n) is 5.32. The Morgan fingerprint density at radius 2 is 1.88 bits per heavy atom. The van der Waals surface area contributed by atoms with Crippen molar-refractivity contribution in [2.45, 2.75) is 6.42 Å². The summed E-state index contributed by atoms with van der Waals surface area (Å²) in [6.45, 7) is 0.719. The first-order chi connectivity index (χ1) is 11.8. The second kappa shape index (κ2) is 6.11. The first-order valence-corrected chi connectivity index (χ1v) is 7.56. The Kier molecular flexibility index (Phi) is 3.66. The summed E-state index contributed by atoms with van der Waals surface area (Å²) in [6.07, 6.45) is 0.670. The number of hydrogen-bond donors (Lipinski definition) is 1. The fourth-order valence-corrected chi connectivity index (χ4v) is 2.47. The van der Waals surface area contributed by atoms with Gasteiger partial charge >= 0.3 is 0 Å². The maximum Gasteiger partial charge on any atom is 0.291 e. The van der Waals surface area contributed by atoms with Gasteiger partial charge in [0.25, 0.3) is 5.91 Å². The molecular weight excluding hydrogens is 308 g/mol. The predicted octanol–water partition coefficient (Wildman–Crippen LogP) is 1.73. The lowest BCUT2D eigenvalue weighted by Gasteiger charge is -2.05. The van der Waals surface area contributed by atoms with Crippen molar-refractivity contribution in [3.63, 3.8) is 0 Å². The van der Waals surface area contributed by atoms with Crippen molar-refractivity contribution in [1.29, 1.82) is 0 Å². The van der Waals surface area contributed by atoms with E-state index in [0.717, 1.165) is 17.1 Å². The molecule has 1 N–H and O–H groups in total. The number of hydrogen-bond acceptors (Lipinski definition) is 6. The molecule has 1 aliphatic heterocycles. The van der Waals surface area contributed by atoms with Crippen LogP contribution >= 0.6 is 0 Å². The lowest BCUT2D eigenvalue weighted by molar-refractivity contribution is 0.0943. The topological polar surface area (TPSA) is 86.2 Å². The van der Waals surface area contributed by atoms with Gasteiger partial charge < -0.3 is 14.8 Å². The lowest BCUT2D eigenvalue weighted by Crippen LogP contribution is -2.27. The van der Waals surface area contributed by atoms with Gasteiger partial charge in [0.2, 0.25) is 12.6 Å². The summed E-state index contributed by atoms with van der Waals surface area (Å²) in [5, 5.41) is 10.7. The van der Waals surface area contributed by atoms with Crippen molar-refractivity contribution >= 4 is 16.9 Å². The molecule has 3 aromatic rings. The molecule has 0 bridgehead atoms. The Bertz CT molecular complexity index is 913. The van der Waals surface area contributed by atoms with Gasteiger partial charge in [-0.25, -0.2) is 4.98 Å². The maximum absolute atomic E-state index is 12.1. The second-order valence-corrected chi connectivity index (χ2v) is 5.32. The van der Waals surface area contributed by atoms with E-state index >= 15 is 0 Å². The third-order valence-corrected chi connectivity index (χ3v) is 3.70. The van der Waals surface area contributed by atoms with E-state index in [1.54, 1.807) is 12.1 Å². The SMILES string of the molecule is O=C(NCCc1ccc2c(c1)OCO2)c1nnc2ccccc2n1. The molecule has 0 saturated heterocycles. The molecule has 2 aromatic carbocycles. The predicted molar refractivity (Wildman–Crippen MR) is 85.9 cm³/mol. The van der Waals surface area contributed by atoms with E-state index in [-0.39, 0.29) is 18.5 Å². The van der Waals surface area contributed by atoms with E-state index < -0.39 is 0 Å². The smallest absolute Gasteiger partial charge is 0.291 e. The molecule has 24 heavy (non-hydrogen) atoms. The van der Waals surface area contributed by atoms with Crippen LogP contribution in [-0.4, -0.2) is 34.4 Å². The quantitative estimate of drug-likeness (QED) is 0.787. The number of para-hydroxylation sites is 1. The van der Waals surface area contributed by atoms with Crippen LogP contribution in [0.25, 0.3) is 11.0 Å². The lowest BCUT2D eigenvalue weighted by atomic mass is 10.1. The minimum Gasteiger partial charge on any atom is -0.454 e. The first kappa shape index (κ1) is 14.4. The number of benzene rings is 2. The molecule has 0 atom stereocenters. The van der Waals surface area contributed by atoms with Gasteiger partial charge in [-0.2, -0.15) is 0 Å². The van der Waals surface area contributed by atoms with Crippen molar-refractivity contribution in [2.24, 2.45) is 0 Å². The van der Waals surface area contributed by atoms with Crippen molar-refractivity contribution in [2.75, 3.05) is 13.3 Å². The number of nitrogens with one attached hydrogen (secondary N) is 1. The van der Waals surface area contributed by atoms with Crippen LogP contribution in [0.15, 0.2) is 42.5 Å². The van der Waals surface area contributed by atoms with Gasteiger partial charge in [0, 0.05) is 6.54 Å². The van der Waals surface area contributed by atoms with Gasteiger partial charge in [-0.05, 0) is 36.2 Å². The zero-order valence-corrected chi connectivity index (χ0v) is 12.7. The number of carbonyl (C=O) groups is 1. The minimum atomic E-state index is -0.339. The molecule has 0 aliphatic carbocycles. The minimum absolute atomic E-state index is 0.0689. The average Bonchev–Trinajstić information content (AvgIpc) is 3.09. The summed E-state index contributed by atoms with van der Waals surface area (Å²) in [5.41, 5.74) is 2.36. The fraction of sp³-hybridized carbons (Fsp3) is 0.176. The largest absolute Gasteiger partial charge is 0.454 e. The summed E-state index contributed by atoms with van der Waals surface area (Å²) in [6, 6.07) is 13.0. The molecule has 1 amide bonds. The number of ether oxygens (including phenoxy) is 2. The van der Waals surface area contributed by atoms with Crippen LogP contribution in [-0.2, 0) is 6.42 Å². The Morgan fingerprint density at radius 1 is 1.04 bits per heavy atom. The monoisotopic (exact) mass is 322 g/mol. The van der Waals surface area contributed by atoms with Gasteiger partial charge in [0.1, 0.15) is 5.52 Å². The molecular formula is C17H14N4O3. The van der Waals surface area contributed by atoms with E-state index in [1.807, 2.05) is 30.3 Å². The average molecular weight is 322 g/mol. The Morgan fingerprint density at radius 3 is 2.79 bits per heavy atom. The van der Waals surface area contributed by atoms with E-state index in [0.29, 0.717) is 24.0 Å². The fourth-order valence-electron chi connectivity index (χ4n) is 2.47. The Labute approximate surface area is 137 Å². The molecule has 7 heteroatoms. The molecule has 0 radical (unpaired) electrons. The molecule has 7 nitrogen and oxygen atoms in total. The van der Waals surface area contributed by atoms with Crippen LogP contribution in [0.4, 0.5) is 0 Å². The zero-order valence-electron chi connectivity index (χ0n) is 12.7. The molecule has 1 aromatic heterocycles. The van der Waals surface area contributed by atoms with Crippen molar-refractivity contribution in [3.8, 4) is 11.5 Å². The number of rotatable bonds is 4.